The summed E-state index contributed by atoms with van der Waals surface area (Å²) in [6.45, 7) is 3.51. The van der Waals surface area contributed by atoms with Crippen molar-refractivity contribution in [3.63, 3.8) is 0 Å². The number of anilines is 1. The maximum absolute atomic E-state index is 12.4. The third-order valence-electron chi connectivity index (χ3n) is 4.31. The van der Waals surface area contributed by atoms with Gasteiger partial charge in [0.25, 0.3) is 5.91 Å². The van der Waals surface area contributed by atoms with Gasteiger partial charge in [0.15, 0.2) is 0 Å². The number of aryl methyl sites for hydroxylation is 2. The van der Waals surface area contributed by atoms with Crippen molar-refractivity contribution in [1.29, 1.82) is 0 Å². The average molecular weight is 304 g/mol. The van der Waals surface area contributed by atoms with Crippen molar-refractivity contribution in [3.8, 4) is 11.1 Å². The lowest BCUT2D eigenvalue weighted by atomic mass is 10.1. The van der Waals surface area contributed by atoms with Gasteiger partial charge in [-0.2, -0.15) is 0 Å². The van der Waals surface area contributed by atoms with E-state index in [0.29, 0.717) is 17.0 Å². The molecule has 4 rings (SSSR count). The number of carbonyl (C=O) groups excluding carboxylic acids is 1. The minimum Gasteiger partial charge on any atom is -0.361 e. The third-order valence-corrected chi connectivity index (χ3v) is 4.31. The smallest absolute Gasteiger partial charge is 0.261 e. The van der Waals surface area contributed by atoms with Crippen LogP contribution >= 0.6 is 0 Å². The summed E-state index contributed by atoms with van der Waals surface area (Å²) >= 11 is 0. The highest BCUT2D eigenvalue weighted by Crippen LogP contribution is 2.37. The van der Waals surface area contributed by atoms with E-state index in [1.54, 1.807) is 13.8 Å². The van der Waals surface area contributed by atoms with Crippen LogP contribution in [0.3, 0.4) is 0 Å². The summed E-state index contributed by atoms with van der Waals surface area (Å²) in [5.41, 5.74) is 7.01. The van der Waals surface area contributed by atoms with Gasteiger partial charge in [-0.15, -0.1) is 0 Å². The van der Waals surface area contributed by atoms with Crippen molar-refractivity contribution >= 4 is 11.6 Å². The number of aromatic nitrogens is 1. The van der Waals surface area contributed by atoms with Gasteiger partial charge in [-0.25, -0.2) is 0 Å². The SMILES string of the molecule is Cc1noc(C)c1C(=O)Nc1ccc2c(c1)Cc1ccccc1-2. The standard InChI is InChI=1S/C19H16N2O2/c1-11-18(12(2)23-21-11)19(22)20-15-7-8-17-14(10-15)9-13-5-3-4-6-16(13)17/h3-8,10H,9H2,1-2H3,(H,20,22). The first-order valence-corrected chi connectivity index (χ1v) is 7.59. The second-order valence-electron chi connectivity index (χ2n) is 5.86. The normalized spacial score (nSPS) is 11.9. The van der Waals surface area contributed by atoms with E-state index in [0.717, 1.165) is 12.1 Å². The van der Waals surface area contributed by atoms with Crippen molar-refractivity contribution in [1.82, 2.24) is 5.16 Å². The Morgan fingerprint density at radius 1 is 1.09 bits per heavy atom. The average Bonchev–Trinajstić information content (AvgIpc) is 3.06. The first kappa shape index (κ1) is 13.8. The molecule has 4 heteroatoms. The zero-order valence-corrected chi connectivity index (χ0v) is 13.0. The molecule has 23 heavy (non-hydrogen) atoms. The molecule has 1 N–H and O–H groups in total. The number of hydrogen-bond acceptors (Lipinski definition) is 3. The molecule has 0 saturated carbocycles. The van der Waals surface area contributed by atoms with Crippen LogP contribution in [0.15, 0.2) is 47.0 Å². The van der Waals surface area contributed by atoms with Gasteiger partial charge in [-0.1, -0.05) is 35.5 Å². The van der Waals surface area contributed by atoms with Crippen LogP contribution in [-0.4, -0.2) is 11.1 Å². The van der Waals surface area contributed by atoms with Crippen LogP contribution in [0.2, 0.25) is 0 Å². The number of rotatable bonds is 2. The fourth-order valence-corrected chi connectivity index (χ4v) is 3.22. The van der Waals surface area contributed by atoms with Gasteiger partial charge in [-0.3, -0.25) is 4.79 Å². The highest BCUT2D eigenvalue weighted by Gasteiger charge is 2.20. The van der Waals surface area contributed by atoms with Gasteiger partial charge in [0.05, 0.1) is 5.69 Å². The Labute approximate surface area is 134 Å². The van der Waals surface area contributed by atoms with Gasteiger partial charge in [0.2, 0.25) is 0 Å². The van der Waals surface area contributed by atoms with E-state index < -0.39 is 0 Å². The highest BCUT2D eigenvalue weighted by atomic mass is 16.5. The second-order valence-corrected chi connectivity index (χ2v) is 5.86. The van der Waals surface area contributed by atoms with Gasteiger partial charge in [0.1, 0.15) is 11.3 Å². The molecule has 0 radical (unpaired) electrons. The van der Waals surface area contributed by atoms with Gasteiger partial charge in [0, 0.05) is 5.69 Å². The molecule has 2 aromatic carbocycles. The fourth-order valence-electron chi connectivity index (χ4n) is 3.22. The van der Waals surface area contributed by atoms with E-state index >= 15 is 0 Å². The maximum Gasteiger partial charge on any atom is 0.261 e. The maximum atomic E-state index is 12.4. The number of carbonyl (C=O) groups is 1. The van der Waals surface area contributed by atoms with Crippen LogP contribution < -0.4 is 5.32 Å². The lowest BCUT2D eigenvalue weighted by molar-refractivity contribution is 0.102. The Bertz CT molecular complexity index is 905. The second kappa shape index (κ2) is 5.09. The lowest BCUT2D eigenvalue weighted by Gasteiger charge is -2.07. The first-order chi connectivity index (χ1) is 11.1. The third kappa shape index (κ3) is 2.23. The Morgan fingerprint density at radius 3 is 2.65 bits per heavy atom. The summed E-state index contributed by atoms with van der Waals surface area (Å²) in [5, 5.41) is 6.77. The first-order valence-electron chi connectivity index (χ1n) is 7.59. The van der Waals surface area contributed by atoms with E-state index in [9.17, 15) is 4.79 Å². The largest absolute Gasteiger partial charge is 0.361 e. The Balaban J connectivity index is 1.63. The van der Waals surface area contributed by atoms with Crippen LogP contribution in [0.25, 0.3) is 11.1 Å². The number of hydrogen-bond donors (Lipinski definition) is 1. The lowest BCUT2D eigenvalue weighted by Crippen LogP contribution is -2.13. The molecule has 114 valence electrons. The molecule has 1 amide bonds. The molecular formula is C19H16N2O2. The summed E-state index contributed by atoms with van der Waals surface area (Å²) in [6.07, 6.45) is 0.903. The van der Waals surface area contributed by atoms with Crippen molar-refractivity contribution in [2.24, 2.45) is 0 Å². The molecule has 0 fully saturated rings. The minimum absolute atomic E-state index is 0.184. The quantitative estimate of drug-likeness (QED) is 0.606. The molecule has 1 aliphatic rings. The molecule has 0 bridgehead atoms. The molecule has 0 spiro atoms. The topological polar surface area (TPSA) is 55.1 Å². The number of benzene rings is 2. The summed E-state index contributed by atoms with van der Waals surface area (Å²) < 4.78 is 5.06. The van der Waals surface area contributed by atoms with E-state index in [1.807, 2.05) is 12.1 Å². The summed E-state index contributed by atoms with van der Waals surface area (Å²) in [7, 11) is 0. The predicted molar refractivity (Wildman–Crippen MR) is 88.6 cm³/mol. The molecule has 3 aromatic rings. The Kier molecular flexibility index (Phi) is 3.05. The molecule has 0 unspecified atom stereocenters. The fraction of sp³-hybridized carbons (Fsp3) is 0.158. The monoisotopic (exact) mass is 304 g/mol. The summed E-state index contributed by atoms with van der Waals surface area (Å²) in [6, 6.07) is 14.5. The van der Waals surface area contributed by atoms with Crippen molar-refractivity contribution in [2.45, 2.75) is 20.3 Å². The van der Waals surface area contributed by atoms with Crippen LogP contribution in [0.1, 0.15) is 32.9 Å². The molecule has 0 aliphatic heterocycles. The van der Waals surface area contributed by atoms with Gasteiger partial charge < -0.3 is 9.84 Å². The highest BCUT2D eigenvalue weighted by molar-refractivity contribution is 6.05. The Morgan fingerprint density at radius 2 is 1.87 bits per heavy atom. The number of nitrogens with one attached hydrogen (secondary N) is 1. The van der Waals surface area contributed by atoms with E-state index in [1.165, 1.54) is 22.3 Å². The molecular weight excluding hydrogens is 288 g/mol. The summed E-state index contributed by atoms with van der Waals surface area (Å²) in [5.74, 6) is 0.352. The van der Waals surface area contributed by atoms with E-state index in [2.05, 4.69) is 40.8 Å². The molecule has 0 saturated heterocycles. The van der Waals surface area contributed by atoms with Crippen LogP contribution in [0, 0.1) is 13.8 Å². The number of nitrogens with zero attached hydrogens (tertiary/aromatic N) is 1. The number of fused-ring (bicyclic) bond motifs is 3. The van der Waals surface area contributed by atoms with Crippen molar-refractivity contribution < 1.29 is 9.32 Å². The molecule has 1 heterocycles. The van der Waals surface area contributed by atoms with Crippen LogP contribution in [0.4, 0.5) is 5.69 Å². The van der Waals surface area contributed by atoms with Gasteiger partial charge in [-0.05, 0) is 54.7 Å². The zero-order valence-electron chi connectivity index (χ0n) is 13.0. The molecule has 0 atom stereocenters. The van der Waals surface area contributed by atoms with Crippen LogP contribution in [0.5, 0.6) is 0 Å². The summed E-state index contributed by atoms with van der Waals surface area (Å²) in [4.78, 5) is 12.4. The minimum atomic E-state index is -0.184. The van der Waals surface area contributed by atoms with E-state index in [4.69, 9.17) is 4.52 Å². The molecule has 1 aliphatic carbocycles. The number of amides is 1. The zero-order chi connectivity index (χ0) is 16.0. The van der Waals surface area contributed by atoms with Crippen molar-refractivity contribution in [2.75, 3.05) is 5.32 Å². The Hall–Kier alpha value is -2.88. The van der Waals surface area contributed by atoms with E-state index in [-0.39, 0.29) is 5.91 Å². The molecule has 4 nitrogen and oxygen atoms in total. The van der Waals surface area contributed by atoms with Crippen LogP contribution in [-0.2, 0) is 6.42 Å². The van der Waals surface area contributed by atoms with Gasteiger partial charge >= 0.3 is 0 Å². The predicted octanol–water partition coefficient (Wildman–Crippen LogP) is 4.11. The van der Waals surface area contributed by atoms with Crippen molar-refractivity contribution in [3.05, 3.63) is 70.6 Å². The molecule has 1 aromatic heterocycles.